The maximum atomic E-state index is 12.1. The van der Waals surface area contributed by atoms with Gasteiger partial charge in [-0.3, -0.25) is 9.59 Å². The second-order valence-electron chi connectivity index (χ2n) is 6.98. The van der Waals surface area contributed by atoms with E-state index in [0.29, 0.717) is 22.8 Å². The molecule has 26 heavy (non-hydrogen) atoms. The molecular formula is C18H21N5O2S. The maximum absolute atomic E-state index is 12.1. The molecule has 136 valence electrons. The fraction of sp³-hybridized carbons (Fsp3) is 0.333. The van der Waals surface area contributed by atoms with Crippen LogP contribution in [0.3, 0.4) is 0 Å². The molecule has 2 heterocycles. The van der Waals surface area contributed by atoms with E-state index in [0.717, 1.165) is 11.1 Å². The average Bonchev–Trinajstić information content (AvgIpc) is 3.06. The Bertz CT molecular complexity index is 987. The number of carbonyl (C=O) groups excluding carboxylic acids is 1. The molecule has 8 heteroatoms. The van der Waals surface area contributed by atoms with Gasteiger partial charge in [0.05, 0.1) is 23.3 Å². The minimum absolute atomic E-state index is 0.0469. The number of carbonyl (C=O) groups is 1. The fourth-order valence-corrected chi connectivity index (χ4v) is 3.39. The van der Waals surface area contributed by atoms with Crippen LogP contribution in [0.15, 0.2) is 34.4 Å². The number of fused-ring (bicyclic) bond motifs is 1. The number of hydrogen-bond acceptors (Lipinski definition) is 6. The van der Waals surface area contributed by atoms with Crippen LogP contribution in [0, 0.1) is 0 Å². The van der Waals surface area contributed by atoms with E-state index in [1.54, 1.807) is 6.07 Å². The summed E-state index contributed by atoms with van der Waals surface area (Å²) in [4.78, 5) is 28.3. The van der Waals surface area contributed by atoms with Crippen LogP contribution in [0.1, 0.15) is 32.2 Å². The lowest BCUT2D eigenvalue weighted by Gasteiger charge is -2.14. The predicted octanol–water partition coefficient (Wildman–Crippen LogP) is 2.41. The molecule has 0 radical (unpaired) electrons. The first-order valence-electron chi connectivity index (χ1n) is 8.27. The highest BCUT2D eigenvalue weighted by Crippen LogP contribution is 2.26. The third kappa shape index (κ3) is 4.14. The number of nitrogens with zero attached hydrogens (tertiary/aromatic N) is 2. The van der Waals surface area contributed by atoms with Crippen molar-refractivity contribution in [2.45, 2.75) is 32.7 Å². The molecule has 2 aromatic heterocycles. The van der Waals surface area contributed by atoms with Gasteiger partial charge >= 0.3 is 0 Å². The number of anilines is 1. The van der Waals surface area contributed by atoms with Gasteiger partial charge in [-0.1, -0.05) is 39.0 Å². The number of amides is 1. The Hall–Kier alpha value is -2.58. The average molecular weight is 371 g/mol. The van der Waals surface area contributed by atoms with E-state index in [9.17, 15) is 9.59 Å². The van der Waals surface area contributed by atoms with Gasteiger partial charge in [0.25, 0.3) is 5.56 Å². The molecule has 0 aliphatic rings. The van der Waals surface area contributed by atoms with E-state index in [1.807, 2.05) is 23.6 Å². The second kappa shape index (κ2) is 7.35. The zero-order chi connectivity index (χ0) is 18.7. The van der Waals surface area contributed by atoms with Crippen LogP contribution in [0.4, 0.5) is 5.13 Å². The number of hydrogen-bond donors (Lipinski definition) is 3. The van der Waals surface area contributed by atoms with Crippen LogP contribution in [0.25, 0.3) is 10.8 Å². The van der Waals surface area contributed by atoms with Crippen LogP contribution in [-0.4, -0.2) is 27.6 Å². The summed E-state index contributed by atoms with van der Waals surface area (Å²) in [5.74, 6) is -0.173. The number of aromatic amines is 1. The zero-order valence-electron chi connectivity index (χ0n) is 14.9. The Labute approximate surface area is 154 Å². The third-order valence-electron chi connectivity index (χ3n) is 3.87. The van der Waals surface area contributed by atoms with Crippen molar-refractivity contribution < 1.29 is 4.79 Å². The minimum Gasteiger partial charge on any atom is -0.303 e. The number of H-pyrrole nitrogens is 1. The van der Waals surface area contributed by atoms with E-state index in [2.05, 4.69) is 46.6 Å². The molecule has 0 aliphatic heterocycles. The molecule has 1 aromatic carbocycles. The van der Waals surface area contributed by atoms with Crippen molar-refractivity contribution in [1.82, 2.24) is 20.5 Å². The highest BCUT2D eigenvalue weighted by molar-refractivity contribution is 7.13. The molecule has 0 fully saturated rings. The van der Waals surface area contributed by atoms with Gasteiger partial charge in [-0.15, -0.1) is 11.3 Å². The van der Waals surface area contributed by atoms with Gasteiger partial charge in [0, 0.05) is 22.7 Å². The molecule has 0 bridgehead atoms. The van der Waals surface area contributed by atoms with Crippen LogP contribution in [-0.2, 0) is 16.8 Å². The highest BCUT2D eigenvalue weighted by Gasteiger charge is 2.18. The first kappa shape index (κ1) is 18.2. The summed E-state index contributed by atoms with van der Waals surface area (Å²) in [6.45, 7) is 6.74. The number of benzene rings is 1. The summed E-state index contributed by atoms with van der Waals surface area (Å²) >= 11 is 1.42. The SMILES string of the molecule is CC(C)(C)c1csc(NC(=O)CNCc2n[nH]c(=O)c3ccccc23)n1. The van der Waals surface area contributed by atoms with Gasteiger partial charge in [0.1, 0.15) is 0 Å². The van der Waals surface area contributed by atoms with Crippen molar-refractivity contribution >= 4 is 33.1 Å². The number of aromatic nitrogens is 3. The van der Waals surface area contributed by atoms with Gasteiger partial charge in [-0.25, -0.2) is 10.1 Å². The quantitative estimate of drug-likeness (QED) is 0.639. The first-order valence-corrected chi connectivity index (χ1v) is 9.15. The standard InChI is InChI=1S/C18H21N5O2S/c1-18(2,3)14-10-26-17(20-14)21-15(24)9-19-8-13-11-6-4-5-7-12(11)16(25)23-22-13/h4-7,10,19H,8-9H2,1-3H3,(H,23,25)(H,20,21,24). The molecule has 0 atom stereocenters. The lowest BCUT2D eigenvalue weighted by molar-refractivity contribution is -0.115. The Morgan fingerprint density at radius 3 is 2.65 bits per heavy atom. The predicted molar refractivity (Wildman–Crippen MR) is 104 cm³/mol. The summed E-state index contributed by atoms with van der Waals surface area (Å²) in [6.07, 6.45) is 0. The van der Waals surface area contributed by atoms with Crippen molar-refractivity contribution in [3.63, 3.8) is 0 Å². The molecule has 0 spiro atoms. The van der Waals surface area contributed by atoms with Crippen LogP contribution in [0.2, 0.25) is 0 Å². The van der Waals surface area contributed by atoms with Gasteiger partial charge in [0.2, 0.25) is 5.91 Å². The van der Waals surface area contributed by atoms with E-state index >= 15 is 0 Å². The fourth-order valence-electron chi connectivity index (χ4n) is 2.44. The molecule has 0 saturated heterocycles. The Morgan fingerprint density at radius 2 is 1.96 bits per heavy atom. The minimum atomic E-state index is -0.222. The third-order valence-corrected chi connectivity index (χ3v) is 4.63. The number of thiazole rings is 1. The van der Waals surface area contributed by atoms with Crippen LogP contribution >= 0.6 is 11.3 Å². The molecule has 3 N–H and O–H groups in total. The molecule has 0 unspecified atom stereocenters. The Kier molecular flexibility index (Phi) is 5.15. The van der Waals surface area contributed by atoms with Crippen LogP contribution in [0.5, 0.6) is 0 Å². The summed E-state index contributed by atoms with van der Waals surface area (Å²) < 4.78 is 0. The molecule has 3 rings (SSSR count). The van der Waals surface area contributed by atoms with Crippen molar-refractivity contribution in [3.8, 4) is 0 Å². The van der Waals surface area contributed by atoms with E-state index < -0.39 is 0 Å². The van der Waals surface area contributed by atoms with Gasteiger partial charge in [0.15, 0.2) is 5.13 Å². The van der Waals surface area contributed by atoms with Gasteiger partial charge in [-0.05, 0) is 6.07 Å². The molecule has 7 nitrogen and oxygen atoms in total. The maximum Gasteiger partial charge on any atom is 0.272 e. The van der Waals surface area contributed by atoms with Crippen molar-refractivity contribution in [2.24, 2.45) is 0 Å². The largest absolute Gasteiger partial charge is 0.303 e. The van der Waals surface area contributed by atoms with Crippen LogP contribution < -0.4 is 16.2 Å². The Morgan fingerprint density at radius 1 is 1.23 bits per heavy atom. The molecule has 0 saturated carbocycles. The summed E-state index contributed by atoms with van der Waals surface area (Å²) in [7, 11) is 0. The summed E-state index contributed by atoms with van der Waals surface area (Å²) in [5, 5.41) is 16.3. The monoisotopic (exact) mass is 371 g/mol. The molecule has 3 aromatic rings. The number of nitrogens with one attached hydrogen (secondary N) is 3. The number of rotatable bonds is 5. The first-order chi connectivity index (χ1) is 12.3. The zero-order valence-corrected chi connectivity index (χ0v) is 15.7. The van der Waals surface area contributed by atoms with E-state index in [4.69, 9.17) is 0 Å². The highest BCUT2D eigenvalue weighted by atomic mass is 32.1. The van der Waals surface area contributed by atoms with Crippen molar-refractivity contribution in [3.05, 3.63) is 51.4 Å². The molecule has 0 aliphatic carbocycles. The van der Waals surface area contributed by atoms with Crippen molar-refractivity contribution in [2.75, 3.05) is 11.9 Å². The lowest BCUT2D eigenvalue weighted by atomic mass is 9.93. The second-order valence-corrected chi connectivity index (χ2v) is 7.84. The van der Waals surface area contributed by atoms with Gasteiger partial charge in [-0.2, -0.15) is 5.10 Å². The molecular weight excluding hydrogens is 350 g/mol. The molecule has 1 amide bonds. The smallest absolute Gasteiger partial charge is 0.272 e. The van der Waals surface area contributed by atoms with Gasteiger partial charge < -0.3 is 10.6 Å². The summed E-state index contributed by atoms with van der Waals surface area (Å²) in [6, 6.07) is 7.26. The lowest BCUT2D eigenvalue weighted by Crippen LogP contribution is -2.28. The topological polar surface area (TPSA) is 99.8 Å². The van der Waals surface area contributed by atoms with E-state index in [-0.39, 0.29) is 23.4 Å². The normalized spacial score (nSPS) is 11.7. The van der Waals surface area contributed by atoms with Crippen molar-refractivity contribution in [1.29, 1.82) is 0 Å². The Balaban J connectivity index is 1.59. The van der Waals surface area contributed by atoms with E-state index in [1.165, 1.54) is 11.3 Å². The summed E-state index contributed by atoms with van der Waals surface area (Å²) in [5.41, 5.74) is 1.38.